The zero-order valence-electron chi connectivity index (χ0n) is 10.1. The van der Waals surface area contributed by atoms with Gasteiger partial charge in [0.05, 0.1) is 17.3 Å². The first-order valence-corrected chi connectivity index (χ1v) is 6.08. The lowest BCUT2D eigenvalue weighted by molar-refractivity contribution is 0.708. The highest BCUT2D eigenvalue weighted by Crippen LogP contribution is 2.23. The Labute approximate surface area is 106 Å². The van der Waals surface area contributed by atoms with Crippen LogP contribution >= 0.6 is 11.6 Å². The maximum atomic E-state index is 6.12. The summed E-state index contributed by atoms with van der Waals surface area (Å²) < 4.78 is 2.11. The maximum Gasteiger partial charge on any atom is 0.128 e. The Morgan fingerprint density at radius 1 is 1.41 bits per heavy atom. The first-order valence-electron chi connectivity index (χ1n) is 5.70. The second-order valence-corrected chi connectivity index (χ2v) is 4.37. The van der Waals surface area contributed by atoms with Gasteiger partial charge in [0, 0.05) is 18.9 Å². The molecule has 0 bridgehead atoms. The van der Waals surface area contributed by atoms with Gasteiger partial charge < -0.3 is 9.88 Å². The van der Waals surface area contributed by atoms with Crippen molar-refractivity contribution in [1.82, 2.24) is 9.55 Å². The van der Waals surface area contributed by atoms with Gasteiger partial charge in [-0.05, 0) is 31.5 Å². The zero-order valence-corrected chi connectivity index (χ0v) is 10.8. The standard InChI is InChI=1S/C13H16ClN3/c1-3-17-7-6-15-13(17)9-16-12-8-10(2)4-5-11(12)14/h4-8,16H,3,9H2,1-2H3. The van der Waals surface area contributed by atoms with Gasteiger partial charge in [-0.15, -0.1) is 0 Å². The third kappa shape index (κ3) is 2.80. The van der Waals surface area contributed by atoms with E-state index in [4.69, 9.17) is 11.6 Å². The number of aromatic nitrogens is 2. The summed E-state index contributed by atoms with van der Waals surface area (Å²) in [6, 6.07) is 5.95. The number of anilines is 1. The van der Waals surface area contributed by atoms with Gasteiger partial charge in [0.1, 0.15) is 5.82 Å². The van der Waals surface area contributed by atoms with Crippen molar-refractivity contribution in [2.45, 2.75) is 26.9 Å². The third-order valence-corrected chi connectivity index (χ3v) is 3.03. The average Bonchev–Trinajstić information content (AvgIpc) is 2.77. The molecule has 0 atom stereocenters. The van der Waals surface area contributed by atoms with Crippen LogP contribution < -0.4 is 5.32 Å². The van der Waals surface area contributed by atoms with Crippen molar-refractivity contribution >= 4 is 17.3 Å². The van der Waals surface area contributed by atoms with Gasteiger partial charge in [0.2, 0.25) is 0 Å². The number of nitrogens with zero attached hydrogens (tertiary/aromatic N) is 2. The smallest absolute Gasteiger partial charge is 0.128 e. The van der Waals surface area contributed by atoms with Gasteiger partial charge in [-0.3, -0.25) is 0 Å². The minimum absolute atomic E-state index is 0.685. The molecule has 0 aliphatic heterocycles. The van der Waals surface area contributed by atoms with Crippen LogP contribution in [0.5, 0.6) is 0 Å². The lowest BCUT2D eigenvalue weighted by Gasteiger charge is -2.10. The SMILES string of the molecule is CCn1ccnc1CNc1cc(C)ccc1Cl. The molecule has 4 heteroatoms. The summed E-state index contributed by atoms with van der Waals surface area (Å²) in [4.78, 5) is 4.31. The molecule has 1 N–H and O–H groups in total. The molecule has 3 nitrogen and oxygen atoms in total. The van der Waals surface area contributed by atoms with Crippen molar-refractivity contribution in [2.24, 2.45) is 0 Å². The molecular formula is C13H16ClN3. The van der Waals surface area contributed by atoms with E-state index in [1.165, 1.54) is 5.56 Å². The van der Waals surface area contributed by atoms with E-state index >= 15 is 0 Å². The third-order valence-electron chi connectivity index (χ3n) is 2.70. The Hall–Kier alpha value is -1.48. The van der Waals surface area contributed by atoms with Gasteiger partial charge >= 0.3 is 0 Å². The highest BCUT2D eigenvalue weighted by Gasteiger charge is 2.03. The Morgan fingerprint density at radius 3 is 3.00 bits per heavy atom. The molecule has 90 valence electrons. The van der Waals surface area contributed by atoms with Gasteiger partial charge in [0.25, 0.3) is 0 Å². The summed E-state index contributed by atoms with van der Waals surface area (Å²) in [5.41, 5.74) is 2.15. The Kier molecular flexibility index (Phi) is 3.69. The van der Waals surface area contributed by atoms with Gasteiger partial charge in [0.15, 0.2) is 0 Å². The highest BCUT2D eigenvalue weighted by atomic mass is 35.5. The molecule has 1 aromatic carbocycles. The largest absolute Gasteiger partial charge is 0.377 e. The van der Waals surface area contributed by atoms with Crippen molar-refractivity contribution < 1.29 is 0 Å². The van der Waals surface area contributed by atoms with E-state index in [-0.39, 0.29) is 0 Å². The molecule has 0 saturated carbocycles. The molecule has 0 aliphatic rings. The lowest BCUT2D eigenvalue weighted by Crippen LogP contribution is -2.07. The normalized spacial score (nSPS) is 10.5. The number of aryl methyl sites for hydroxylation is 2. The molecule has 0 aliphatic carbocycles. The fourth-order valence-electron chi connectivity index (χ4n) is 1.74. The van der Waals surface area contributed by atoms with Crippen molar-refractivity contribution in [3.8, 4) is 0 Å². The molecule has 2 aromatic rings. The van der Waals surface area contributed by atoms with Crippen LogP contribution in [0.4, 0.5) is 5.69 Å². The number of nitrogens with one attached hydrogen (secondary N) is 1. The first-order chi connectivity index (χ1) is 8.20. The van der Waals surface area contributed by atoms with Crippen molar-refractivity contribution in [3.05, 3.63) is 47.0 Å². The summed E-state index contributed by atoms with van der Waals surface area (Å²) in [5.74, 6) is 1.02. The second kappa shape index (κ2) is 5.23. The summed E-state index contributed by atoms with van der Waals surface area (Å²) in [6.07, 6.45) is 3.80. The summed E-state index contributed by atoms with van der Waals surface area (Å²) in [7, 11) is 0. The van der Waals surface area contributed by atoms with Crippen LogP contribution in [-0.4, -0.2) is 9.55 Å². The van der Waals surface area contributed by atoms with E-state index in [1.54, 1.807) is 0 Å². The molecule has 0 unspecified atom stereocenters. The number of halogens is 1. The highest BCUT2D eigenvalue weighted by molar-refractivity contribution is 6.33. The summed E-state index contributed by atoms with van der Waals surface area (Å²) >= 11 is 6.12. The predicted octanol–water partition coefficient (Wildman–Crippen LogP) is 3.48. The number of hydrogen-bond acceptors (Lipinski definition) is 2. The van der Waals surface area contributed by atoms with Crippen LogP contribution in [0.1, 0.15) is 18.3 Å². The number of benzene rings is 1. The number of hydrogen-bond donors (Lipinski definition) is 1. The topological polar surface area (TPSA) is 29.9 Å². The van der Waals surface area contributed by atoms with E-state index in [0.717, 1.165) is 23.1 Å². The summed E-state index contributed by atoms with van der Waals surface area (Å²) in [6.45, 7) is 5.77. The van der Waals surface area contributed by atoms with Gasteiger partial charge in [-0.25, -0.2) is 4.98 Å². The summed E-state index contributed by atoms with van der Waals surface area (Å²) in [5, 5.41) is 4.06. The van der Waals surface area contributed by atoms with Crippen LogP contribution in [0.15, 0.2) is 30.6 Å². The molecule has 1 aromatic heterocycles. The first kappa shape index (κ1) is 12.0. The van der Waals surface area contributed by atoms with Crippen LogP contribution in [-0.2, 0) is 13.1 Å². The lowest BCUT2D eigenvalue weighted by atomic mass is 10.2. The zero-order chi connectivity index (χ0) is 12.3. The fraction of sp³-hybridized carbons (Fsp3) is 0.308. The van der Waals surface area contributed by atoms with Crippen LogP contribution in [0.2, 0.25) is 5.02 Å². The predicted molar refractivity (Wildman–Crippen MR) is 71.4 cm³/mol. The van der Waals surface area contributed by atoms with Crippen LogP contribution in [0, 0.1) is 6.92 Å². The van der Waals surface area contributed by atoms with E-state index in [0.29, 0.717) is 6.54 Å². The average molecular weight is 250 g/mol. The second-order valence-electron chi connectivity index (χ2n) is 3.97. The molecule has 0 spiro atoms. The van der Waals surface area contributed by atoms with E-state index < -0.39 is 0 Å². The number of rotatable bonds is 4. The van der Waals surface area contributed by atoms with Crippen LogP contribution in [0.25, 0.3) is 0 Å². The van der Waals surface area contributed by atoms with Gasteiger partial charge in [-0.2, -0.15) is 0 Å². The van der Waals surface area contributed by atoms with Crippen molar-refractivity contribution in [2.75, 3.05) is 5.32 Å². The van der Waals surface area contributed by atoms with E-state index in [2.05, 4.69) is 28.7 Å². The molecule has 0 radical (unpaired) electrons. The maximum absolute atomic E-state index is 6.12. The van der Waals surface area contributed by atoms with Crippen molar-refractivity contribution in [3.63, 3.8) is 0 Å². The van der Waals surface area contributed by atoms with Crippen molar-refractivity contribution in [1.29, 1.82) is 0 Å². The van der Waals surface area contributed by atoms with E-state index in [9.17, 15) is 0 Å². The Bertz CT molecular complexity index is 505. The Morgan fingerprint density at radius 2 is 2.24 bits per heavy atom. The van der Waals surface area contributed by atoms with Crippen LogP contribution in [0.3, 0.4) is 0 Å². The van der Waals surface area contributed by atoms with Gasteiger partial charge in [-0.1, -0.05) is 17.7 Å². The fourth-order valence-corrected chi connectivity index (χ4v) is 1.93. The molecular weight excluding hydrogens is 234 g/mol. The van der Waals surface area contributed by atoms with E-state index in [1.807, 2.05) is 30.6 Å². The number of imidazole rings is 1. The minimum Gasteiger partial charge on any atom is -0.377 e. The molecule has 0 amide bonds. The molecule has 1 heterocycles. The monoisotopic (exact) mass is 249 g/mol. The molecule has 17 heavy (non-hydrogen) atoms. The Balaban J connectivity index is 2.09. The minimum atomic E-state index is 0.685. The quantitative estimate of drug-likeness (QED) is 0.899. The molecule has 2 rings (SSSR count). The molecule has 0 saturated heterocycles. The molecule has 0 fully saturated rings.